The van der Waals surface area contributed by atoms with Crippen LogP contribution in [0.15, 0.2) is 18.2 Å². The quantitative estimate of drug-likeness (QED) is 0.768. The number of hydrogen-bond acceptors (Lipinski definition) is 3. The minimum Gasteiger partial charge on any atom is -0.504 e. The third-order valence-corrected chi connectivity index (χ3v) is 1.83. The van der Waals surface area contributed by atoms with Crippen molar-refractivity contribution in [2.75, 3.05) is 21.2 Å². The first-order chi connectivity index (χ1) is 6.56. The second-order valence-corrected chi connectivity index (χ2v) is 3.09. The molecule has 0 aromatic heterocycles. The summed E-state index contributed by atoms with van der Waals surface area (Å²) in [4.78, 5) is 13.0. The predicted molar refractivity (Wildman–Crippen MR) is 52.7 cm³/mol. The topological polar surface area (TPSA) is 49.8 Å². The van der Waals surface area contributed by atoms with Gasteiger partial charge in [0.1, 0.15) is 0 Å². The fraction of sp³-hybridized carbons (Fsp3) is 0.300. The van der Waals surface area contributed by atoms with Gasteiger partial charge in [-0.2, -0.15) is 0 Å². The molecule has 1 aromatic rings. The first-order valence-electron chi connectivity index (χ1n) is 4.15. The number of nitrogens with zero attached hydrogens (tertiary/aromatic N) is 1. The van der Waals surface area contributed by atoms with Crippen molar-refractivity contribution in [3.63, 3.8) is 0 Å². The third kappa shape index (κ3) is 1.96. The van der Waals surface area contributed by atoms with Crippen molar-refractivity contribution in [2.45, 2.75) is 0 Å². The molecule has 0 radical (unpaired) electrons. The summed E-state index contributed by atoms with van der Waals surface area (Å²) in [6.07, 6.45) is 0. The standard InChI is InChI=1S/C10H13NO3/c1-11(2)10(13)7-4-5-8(12)9(6-7)14-3/h4-6,12H,1-3H3. The van der Waals surface area contributed by atoms with Gasteiger partial charge in [-0.3, -0.25) is 4.79 Å². The van der Waals surface area contributed by atoms with Gasteiger partial charge in [-0.15, -0.1) is 0 Å². The molecule has 0 spiro atoms. The van der Waals surface area contributed by atoms with E-state index in [1.807, 2.05) is 0 Å². The number of aromatic hydroxyl groups is 1. The summed E-state index contributed by atoms with van der Waals surface area (Å²) in [5.74, 6) is 0.212. The summed E-state index contributed by atoms with van der Waals surface area (Å²) < 4.78 is 4.89. The highest BCUT2D eigenvalue weighted by molar-refractivity contribution is 5.94. The van der Waals surface area contributed by atoms with Crippen LogP contribution in [0, 0.1) is 0 Å². The van der Waals surface area contributed by atoms with E-state index in [1.54, 1.807) is 20.2 Å². The van der Waals surface area contributed by atoms with E-state index in [2.05, 4.69) is 0 Å². The Hall–Kier alpha value is -1.71. The van der Waals surface area contributed by atoms with Crippen LogP contribution in [0.3, 0.4) is 0 Å². The van der Waals surface area contributed by atoms with E-state index in [4.69, 9.17) is 4.74 Å². The number of benzene rings is 1. The Labute approximate surface area is 82.7 Å². The molecular weight excluding hydrogens is 182 g/mol. The number of phenols is 1. The molecule has 0 aliphatic carbocycles. The van der Waals surface area contributed by atoms with E-state index in [-0.39, 0.29) is 11.7 Å². The zero-order valence-corrected chi connectivity index (χ0v) is 8.44. The number of rotatable bonds is 2. The van der Waals surface area contributed by atoms with E-state index in [9.17, 15) is 9.90 Å². The van der Waals surface area contributed by atoms with Crippen molar-refractivity contribution in [1.82, 2.24) is 4.90 Å². The van der Waals surface area contributed by atoms with Crippen LogP contribution in [0.25, 0.3) is 0 Å². The van der Waals surface area contributed by atoms with Gasteiger partial charge in [0.05, 0.1) is 7.11 Å². The molecule has 4 heteroatoms. The van der Waals surface area contributed by atoms with Gasteiger partial charge in [-0.05, 0) is 18.2 Å². The fourth-order valence-corrected chi connectivity index (χ4v) is 1.07. The lowest BCUT2D eigenvalue weighted by molar-refractivity contribution is 0.0827. The predicted octanol–water partition coefficient (Wildman–Crippen LogP) is 1.10. The maximum absolute atomic E-state index is 11.5. The molecule has 1 rings (SSSR count). The van der Waals surface area contributed by atoms with Gasteiger partial charge < -0.3 is 14.7 Å². The largest absolute Gasteiger partial charge is 0.504 e. The second-order valence-electron chi connectivity index (χ2n) is 3.09. The molecule has 76 valence electrons. The molecule has 0 unspecified atom stereocenters. The van der Waals surface area contributed by atoms with Crippen LogP contribution in [0.2, 0.25) is 0 Å². The number of methoxy groups -OCH3 is 1. The van der Waals surface area contributed by atoms with Gasteiger partial charge in [-0.1, -0.05) is 0 Å². The molecule has 0 saturated heterocycles. The minimum absolute atomic E-state index is 0.0304. The Balaban J connectivity index is 3.06. The molecular formula is C10H13NO3. The zero-order valence-electron chi connectivity index (χ0n) is 8.44. The molecule has 0 bridgehead atoms. The Morgan fingerprint density at radius 1 is 1.43 bits per heavy atom. The molecule has 14 heavy (non-hydrogen) atoms. The van der Waals surface area contributed by atoms with Gasteiger partial charge in [-0.25, -0.2) is 0 Å². The van der Waals surface area contributed by atoms with E-state index in [1.165, 1.54) is 24.1 Å². The van der Waals surface area contributed by atoms with E-state index < -0.39 is 0 Å². The van der Waals surface area contributed by atoms with Crippen LogP contribution < -0.4 is 4.74 Å². The van der Waals surface area contributed by atoms with Crippen LogP contribution in [-0.4, -0.2) is 37.1 Å². The molecule has 0 atom stereocenters. The van der Waals surface area contributed by atoms with Crippen LogP contribution in [0.5, 0.6) is 11.5 Å². The van der Waals surface area contributed by atoms with Gasteiger partial charge in [0.25, 0.3) is 5.91 Å². The second kappa shape index (κ2) is 4.00. The minimum atomic E-state index is -0.122. The van der Waals surface area contributed by atoms with Crippen LogP contribution in [0.4, 0.5) is 0 Å². The summed E-state index contributed by atoms with van der Waals surface area (Å²) in [7, 11) is 4.78. The summed E-state index contributed by atoms with van der Waals surface area (Å²) in [5, 5.41) is 9.31. The van der Waals surface area contributed by atoms with Crippen molar-refractivity contribution < 1.29 is 14.6 Å². The van der Waals surface area contributed by atoms with Crippen molar-refractivity contribution in [1.29, 1.82) is 0 Å². The fourth-order valence-electron chi connectivity index (χ4n) is 1.07. The Bertz CT molecular complexity index is 347. The maximum atomic E-state index is 11.5. The van der Waals surface area contributed by atoms with Crippen LogP contribution in [0.1, 0.15) is 10.4 Å². The maximum Gasteiger partial charge on any atom is 0.253 e. The normalized spacial score (nSPS) is 9.64. The Morgan fingerprint density at radius 2 is 2.07 bits per heavy atom. The number of amides is 1. The van der Waals surface area contributed by atoms with Crippen LogP contribution in [-0.2, 0) is 0 Å². The summed E-state index contributed by atoms with van der Waals surface area (Å²) >= 11 is 0. The molecule has 1 amide bonds. The molecule has 1 N–H and O–H groups in total. The molecule has 4 nitrogen and oxygen atoms in total. The molecule has 0 aliphatic heterocycles. The number of carbonyl (C=O) groups excluding carboxylic acids is 1. The molecule has 0 heterocycles. The Morgan fingerprint density at radius 3 is 2.57 bits per heavy atom. The smallest absolute Gasteiger partial charge is 0.253 e. The Kier molecular flexibility index (Phi) is 2.96. The average Bonchev–Trinajstić information content (AvgIpc) is 2.17. The van der Waals surface area contributed by atoms with Crippen molar-refractivity contribution >= 4 is 5.91 Å². The lowest BCUT2D eigenvalue weighted by Crippen LogP contribution is -2.21. The summed E-state index contributed by atoms with van der Waals surface area (Å²) in [6, 6.07) is 4.51. The van der Waals surface area contributed by atoms with Gasteiger partial charge >= 0.3 is 0 Å². The SMILES string of the molecule is COc1cc(C(=O)N(C)C)ccc1O. The number of phenolic OH excluding ortho intramolecular Hbond substituents is 1. The van der Waals surface area contributed by atoms with Gasteiger partial charge in [0.15, 0.2) is 11.5 Å². The van der Waals surface area contributed by atoms with Gasteiger partial charge in [0.2, 0.25) is 0 Å². The van der Waals surface area contributed by atoms with Crippen molar-refractivity contribution in [3.8, 4) is 11.5 Å². The monoisotopic (exact) mass is 195 g/mol. The molecule has 0 saturated carbocycles. The van der Waals surface area contributed by atoms with E-state index in [0.717, 1.165) is 0 Å². The summed E-state index contributed by atoms with van der Waals surface area (Å²) in [6.45, 7) is 0. The zero-order chi connectivity index (χ0) is 10.7. The highest BCUT2D eigenvalue weighted by Crippen LogP contribution is 2.26. The highest BCUT2D eigenvalue weighted by atomic mass is 16.5. The third-order valence-electron chi connectivity index (χ3n) is 1.83. The first-order valence-corrected chi connectivity index (χ1v) is 4.15. The van der Waals surface area contributed by atoms with Gasteiger partial charge in [0, 0.05) is 19.7 Å². The molecule has 1 aromatic carbocycles. The number of carbonyl (C=O) groups is 1. The van der Waals surface area contributed by atoms with Crippen molar-refractivity contribution in [2.24, 2.45) is 0 Å². The lowest BCUT2D eigenvalue weighted by atomic mass is 10.2. The van der Waals surface area contributed by atoms with Crippen molar-refractivity contribution in [3.05, 3.63) is 23.8 Å². The van der Waals surface area contributed by atoms with E-state index in [0.29, 0.717) is 11.3 Å². The lowest BCUT2D eigenvalue weighted by Gasteiger charge is -2.11. The highest BCUT2D eigenvalue weighted by Gasteiger charge is 2.10. The van der Waals surface area contributed by atoms with Crippen LogP contribution >= 0.6 is 0 Å². The average molecular weight is 195 g/mol. The number of hydrogen-bond donors (Lipinski definition) is 1. The summed E-state index contributed by atoms with van der Waals surface area (Å²) in [5.41, 5.74) is 0.490. The van der Waals surface area contributed by atoms with E-state index >= 15 is 0 Å². The molecule has 0 fully saturated rings. The first kappa shape index (κ1) is 10.4. The molecule has 0 aliphatic rings. The number of ether oxygens (including phenoxy) is 1.